The van der Waals surface area contributed by atoms with Crippen LogP contribution in [0.25, 0.3) is 10.9 Å². The van der Waals surface area contributed by atoms with Crippen molar-refractivity contribution in [3.8, 4) is 11.5 Å². The number of ether oxygens (including phenoxy) is 4. The number of aromatic nitrogens is 1. The van der Waals surface area contributed by atoms with Crippen LogP contribution < -0.4 is 20.1 Å². The molecule has 2 aromatic rings. The van der Waals surface area contributed by atoms with Crippen molar-refractivity contribution in [2.45, 2.75) is 133 Å². The van der Waals surface area contributed by atoms with E-state index in [2.05, 4.69) is 10.6 Å². The van der Waals surface area contributed by atoms with Crippen LogP contribution in [-0.4, -0.2) is 82.8 Å². The minimum atomic E-state index is -1.40. The van der Waals surface area contributed by atoms with Crippen LogP contribution >= 0.6 is 0 Å². The number of pyridine rings is 1. The Morgan fingerprint density at radius 3 is 2.59 bits per heavy atom. The van der Waals surface area contributed by atoms with Gasteiger partial charge in [0.15, 0.2) is 5.54 Å². The van der Waals surface area contributed by atoms with Gasteiger partial charge in [-0.3, -0.25) is 9.59 Å². The maximum atomic E-state index is 14.8. The Hall–Kier alpha value is -4.61. The Labute approximate surface area is 317 Å². The highest BCUT2D eigenvalue weighted by atomic mass is 16.6. The molecule has 1 saturated carbocycles. The highest BCUT2D eigenvalue weighted by Crippen LogP contribution is 2.50. The highest BCUT2D eigenvalue weighted by Gasteiger charge is 2.56. The van der Waals surface area contributed by atoms with Crippen LogP contribution in [0.5, 0.6) is 11.5 Å². The van der Waals surface area contributed by atoms with Crippen molar-refractivity contribution in [3.63, 3.8) is 0 Å². The van der Waals surface area contributed by atoms with Gasteiger partial charge < -0.3 is 34.5 Å². The van der Waals surface area contributed by atoms with Crippen molar-refractivity contribution in [2.75, 3.05) is 20.3 Å². The number of aryl methyl sites for hydroxylation is 1. The Balaban J connectivity index is 1.27. The zero-order chi connectivity index (χ0) is 38.3. The molecule has 2 N–H and O–H groups in total. The molecule has 1 aromatic carbocycles. The molecule has 12 nitrogen and oxygen atoms in total. The van der Waals surface area contributed by atoms with Crippen molar-refractivity contribution >= 4 is 34.8 Å². The first kappa shape index (κ1) is 37.7. The monoisotopic (exact) mass is 742 g/mol. The van der Waals surface area contributed by atoms with E-state index in [1.807, 2.05) is 36.4 Å². The summed E-state index contributed by atoms with van der Waals surface area (Å²) in [6.45, 7) is 7.33. The molecule has 2 aliphatic carbocycles. The Morgan fingerprint density at radius 1 is 1.09 bits per heavy atom. The lowest BCUT2D eigenvalue weighted by Gasteiger charge is -2.41. The van der Waals surface area contributed by atoms with Gasteiger partial charge in [-0.1, -0.05) is 43.6 Å². The molecular weight excluding hydrogens is 688 g/mol. The van der Waals surface area contributed by atoms with Gasteiger partial charge in [-0.25, -0.2) is 14.6 Å². The number of carbonyl (C=O) groups excluding carboxylic acids is 4. The third kappa shape index (κ3) is 7.28. The molecule has 1 aromatic heterocycles. The van der Waals surface area contributed by atoms with Gasteiger partial charge in [0.1, 0.15) is 34.8 Å². The first-order valence-electron chi connectivity index (χ1n) is 19.7. The molecule has 3 aliphatic heterocycles. The van der Waals surface area contributed by atoms with Crippen molar-refractivity contribution in [1.29, 1.82) is 0 Å². The summed E-state index contributed by atoms with van der Waals surface area (Å²) in [7, 11) is 1.64. The van der Waals surface area contributed by atoms with E-state index < -0.39 is 52.7 Å². The minimum absolute atomic E-state index is 0.127. The highest BCUT2D eigenvalue weighted by molar-refractivity contribution is 5.97. The molecule has 1 saturated heterocycles. The van der Waals surface area contributed by atoms with Gasteiger partial charge >= 0.3 is 12.1 Å². The predicted octanol–water partition coefficient (Wildman–Crippen LogP) is 6.19. The van der Waals surface area contributed by atoms with E-state index in [1.54, 1.807) is 45.8 Å². The van der Waals surface area contributed by atoms with Gasteiger partial charge in [0.2, 0.25) is 11.8 Å². The Bertz CT molecular complexity index is 1860. The Kier molecular flexibility index (Phi) is 10.4. The standard InChI is InChI=1S/C42H54N4O8/c1-6-52-38(49)42-22-19-27(42)15-10-8-7-9-11-16-32(44-39(50)54-40(2,3)4)37(48)46-25-41(24-33(46)36(47)45-42)21-20-29-30-23-28(51-5)17-18-31(30)43-34(35(29)53-41)26-13-12-14-26/h10,15,17-19,22-23,26-27,32-33H,6-9,11-14,16,20-21,24-25H2,1-5H3,(H,44,50)(H,45,47)/b15-10-/t27-,32?,33+,41-,42-/m1/s1. The number of hydrogen-bond acceptors (Lipinski definition) is 9. The summed E-state index contributed by atoms with van der Waals surface area (Å²) in [5, 5.41) is 6.87. The van der Waals surface area contributed by atoms with E-state index >= 15 is 0 Å². The first-order valence-corrected chi connectivity index (χ1v) is 19.7. The van der Waals surface area contributed by atoms with E-state index in [-0.39, 0.29) is 31.4 Å². The molecular formula is C42H54N4O8. The topological polar surface area (TPSA) is 145 Å². The number of carbonyl (C=O) groups is 4. The second kappa shape index (κ2) is 14.9. The number of allylic oxidation sites excluding steroid dienone is 1. The number of alkyl carbamates (subject to hydrolysis) is 1. The average molecular weight is 743 g/mol. The summed E-state index contributed by atoms with van der Waals surface area (Å²) in [4.78, 5) is 62.9. The van der Waals surface area contributed by atoms with Crippen molar-refractivity contribution in [3.05, 3.63) is 53.8 Å². The molecule has 5 atom stereocenters. The number of hydrogen-bond donors (Lipinski definition) is 2. The number of fused-ring (bicyclic) bond motifs is 5. The largest absolute Gasteiger partial charge is 0.497 e. The summed E-state index contributed by atoms with van der Waals surface area (Å²) < 4.78 is 23.8. The number of amides is 3. The molecule has 1 spiro atoms. The molecule has 3 amide bonds. The van der Waals surface area contributed by atoms with E-state index in [9.17, 15) is 19.2 Å². The van der Waals surface area contributed by atoms with Gasteiger partial charge in [-0.2, -0.15) is 0 Å². The summed E-state index contributed by atoms with van der Waals surface area (Å²) in [6, 6.07) is 4.00. The van der Waals surface area contributed by atoms with Crippen LogP contribution in [0.2, 0.25) is 0 Å². The lowest BCUT2D eigenvalue weighted by Crippen LogP contribution is -2.65. The zero-order valence-electron chi connectivity index (χ0n) is 32.2. The summed E-state index contributed by atoms with van der Waals surface area (Å²) in [5.41, 5.74) is -0.202. The minimum Gasteiger partial charge on any atom is -0.497 e. The van der Waals surface area contributed by atoms with Crippen LogP contribution in [0.3, 0.4) is 0 Å². The normalized spacial score (nSPS) is 29.2. The summed E-state index contributed by atoms with van der Waals surface area (Å²) >= 11 is 0. The number of nitrogens with one attached hydrogen (secondary N) is 2. The smallest absolute Gasteiger partial charge is 0.408 e. The van der Waals surface area contributed by atoms with E-state index in [0.29, 0.717) is 25.7 Å². The maximum Gasteiger partial charge on any atom is 0.408 e. The quantitative estimate of drug-likeness (QED) is 0.271. The van der Waals surface area contributed by atoms with Crippen LogP contribution in [0.1, 0.15) is 109 Å². The van der Waals surface area contributed by atoms with Gasteiger partial charge in [0, 0.05) is 29.2 Å². The second-order valence-electron chi connectivity index (χ2n) is 16.5. The van der Waals surface area contributed by atoms with Crippen LogP contribution in [0.4, 0.5) is 4.79 Å². The molecule has 12 heteroatoms. The number of esters is 1. The van der Waals surface area contributed by atoms with Crippen LogP contribution in [0.15, 0.2) is 42.5 Å². The molecule has 2 fully saturated rings. The van der Waals surface area contributed by atoms with Crippen molar-refractivity contribution < 1.29 is 38.1 Å². The molecule has 54 heavy (non-hydrogen) atoms. The molecule has 5 aliphatic rings. The van der Waals surface area contributed by atoms with E-state index in [4.69, 9.17) is 23.9 Å². The number of methoxy groups -OCH3 is 1. The average Bonchev–Trinajstić information content (AvgIpc) is 3.46. The fraction of sp³-hybridized carbons (Fsp3) is 0.595. The third-order valence-electron chi connectivity index (χ3n) is 11.6. The fourth-order valence-electron chi connectivity index (χ4n) is 8.52. The summed E-state index contributed by atoms with van der Waals surface area (Å²) in [5.74, 6) is -0.0689. The molecule has 7 rings (SSSR count). The van der Waals surface area contributed by atoms with Gasteiger partial charge in [0.05, 0.1) is 31.5 Å². The lowest BCUT2D eigenvalue weighted by molar-refractivity contribution is -0.154. The number of rotatable bonds is 5. The lowest BCUT2D eigenvalue weighted by atomic mass is 9.73. The van der Waals surface area contributed by atoms with Crippen LogP contribution in [-0.2, 0) is 30.3 Å². The fourth-order valence-corrected chi connectivity index (χ4v) is 8.52. The molecule has 0 radical (unpaired) electrons. The van der Waals surface area contributed by atoms with E-state index in [0.717, 1.165) is 72.2 Å². The number of benzene rings is 1. The van der Waals surface area contributed by atoms with Crippen molar-refractivity contribution in [2.24, 2.45) is 5.92 Å². The predicted molar refractivity (Wildman–Crippen MR) is 202 cm³/mol. The van der Waals surface area contributed by atoms with Crippen molar-refractivity contribution in [1.82, 2.24) is 20.5 Å². The molecule has 290 valence electrons. The Morgan fingerprint density at radius 2 is 1.91 bits per heavy atom. The van der Waals surface area contributed by atoms with Gasteiger partial charge in [0.25, 0.3) is 0 Å². The van der Waals surface area contributed by atoms with Crippen LogP contribution in [0, 0.1) is 5.92 Å². The second-order valence-corrected chi connectivity index (χ2v) is 16.5. The first-order chi connectivity index (χ1) is 25.8. The maximum absolute atomic E-state index is 14.8. The SMILES string of the molecule is CCOC(=O)[C@@]12C=C[C@H]1/C=C\CCCCCC(NC(=O)OC(C)(C)C)C(=O)N1C[C@@]3(CCc4c(c(C5CCC5)nc5ccc(OC)cc45)O3)C[C@H]1C(=O)N2. The van der Waals surface area contributed by atoms with Gasteiger partial charge in [-0.15, -0.1) is 0 Å². The summed E-state index contributed by atoms with van der Waals surface area (Å²) in [6.07, 6.45) is 14.9. The van der Waals surface area contributed by atoms with E-state index in [1.165, 1.54) is 0 Å². The zero-order valence-corrected chi connectivity index (χ0v) is 32.2. The van der Waals surface area contributed by atoms with Gasteiger partial charge in [-0.05, 0) is 90.8 Å². The molecule has 1 unspecified atom stereocenters. The number of nitrogens with zero attached hydrogens (tertiary/aromatic N) is 2. The molecule has 0 bridgehead atoms. The third-order valence-corrected chi connectivity index (χ3v) is 11.6. The molecule has 4 heterocycles.